The zero-order valence-electron chi connectivity index (χ0n) is 10.2. The first-order valence-corrected chi connectivity index (χ1v) is 6.45. The van der Waals surface area contributed by atoms with E-state index in [4.69, 9.17) is 0 Å². The Kier molecular flexibility index (Phi) is 4.23. The Morgan fingerprint density at radius 3 is 2.62 bits per heavy atom. The number of rotatable bonds is 2. The zero-order valence-corrected chi connectivity index (χ0v) is 10.2. The third kappa shape index (κ3) is 2.99. The van der Waals surface area contributed by atoms with Gasteiger partial charge in [-0.2, -0.15) is 0 Å². The monoisotopic (exact) mass is 218 g/mol. The molecular weight excluding hydrogens is 196 g/mol. The molecule has 1 N–H and O–H groups in total. The molecule has 1 aliphatic rings. The summed E-state index contributed by atoms with van der Waals surface area (Å²) in [5.74, 6) is 0. The molecule has 1 aromatic carbocycles. The van der Waals surface area contributed by atoms with Crippen LogP contribution in [0.5, 0.6) is 0 Å². The number of hydrogen-bond acceptors (Lipinski definition) is 2. The van der Waals surface area contributed by atoms with Crippen LogP contribution in [0.3, 0.4) is 0 Å². The van der Waals surface area contributed by atoms with E-state index in [1.165, 1.54) is 37.2 Å². The molecule has 0 unspecified atom stereocenters. The standard InChI is InChI=1S/C14H22N2/c1-2-13-5-7-14(8-6-13)16-11-4-3-9-15-10-12-16/h5-8,15H,2-4,9-12H2,1H3. The van der Waals surface area contributed by atoms with Crippen molar-refractivity contribution >= 4 is 5.69 Å². The normalized spacial score (nSPS) is 17.9. The van der Waals surface area contributed by atoms with Crippen LogP contribution in [0.2, 0.25) is 0 Å². The summed E-state index contributed by atoms with van der Waals surface area (Å²) in [5.41, 5.74) is 2.80. The summed E-state index contributed by atoms with van der Waals surface area (Å²) in [6, 6.07) is 9.03. The van der Waals surface area contributed by atoms with Crippen molar-refractivity contribution in [2.45, 2.75) is 26.2 Å². The molecule has 0 saturated carbocycles. The van der Waals surface area contributed by atoms with Crippen molar-refractivity contribution < 1.29 is 0 Å². The Labute approximate surface area is 98.7 Å². The van der Waals surface area contributed by atoms with Gasteiger partial charge in [0.1, 0.15) is 0 Å². The van der Waals surface area contributed by atoms with E-state index in [1.807, 2.05) is 0 Å². The first-order chi connectivity index (χ1) is 7.90. The summed E-state index contributed by atoms with van der Waals surface area (Å²) in [7, 11) is 0. The molecule has 0 radical (unpaired) electrons. The van der Waals surface area contributed by atoms with E-state index in [0.29, 0.717) is 0 Å². The van der Waals surface area contributed by atoms with Crippen molar-refractivity contribution in [3.8, 4) is 0 Å². The number of nitrogens with one attached hydrogen (secondary N) is 1. The van der Waals surface area contributed by atoms with Crippen molar-refractivity contribution in [1.29, 1.82) is 0 Å². The molecule has 88 valence electrons. The number of anilines is 1. The highest BCUT2D eigenvalue weighted by atomic mass is 15.1. The minimum atomic E-state index is 1.11. The van der Waals surface area contributed by atoms with Gasteiger partial charge in [0.2, 0.25) is 0 Å². The quantitative estimate of drug-likeness (QED) is 0.820. The van der Waals surface area contributed by atoms with Crippen LogP contribution in [0.1, 0.15) is 25.3 Å². The number of aryl methyl sites for hydroxylation is 1. The second kappa shape index (κ2) is 5.90. The fraction of sp³-hybridized carbons (Fsp3) is 0.571. The Hall–Kier alpha value is -1.02. The smallest absolute Gasteiger partial charge is 0.0366 e. The molecule has 0 atom stereocenters. The minimum absolute atomic E-state index is 1.11. The molecule has 2 heteroatoms. The third-order valence-electron chi connectivity index (χ3n) is 3.30. The van der Waals surface area contributed by atoms with Gasteiger partial charge >= 0.3 is 0 Å². The summed E-state index contributed by atoms with van der Waals surface area (Å²) < 4.78 is 0. The molecule has 1 aromatic rings. The van der Waals surface area contributed by atoms with E-state index in [0.717, 1.165) is 19.5 Å². The second-order valence-corrected chi connectivity index (χ2v) is 4.46. The van der Waals surface area contributed by atoms with Crippen LogP contribution in [-0.4, -0.2) is 26.2 Å². The molecule has 2 rings (SSSR count). The molecular formula is C14H22N2. The average molecular weight is 218 g/mol. The predicted molar refractivity (Wildman–Crippen MR) is 70.1 cm³/mol. The van der Waals surface area contributed by atoms with Gasteiger partial charge in [-0.3, -0.25) is 0 Å². The molecule has 16 heavy (non-hydrogen) atoms. The maximum atomic E-state index is 3.47. The molecule has 0 aromatic heterocycles. The molecule has 2 nitrogen and oxygen atoms in total. The Morgan fingerprint density at radius 1 is 1.06 bits per heavy atom. The summed E-state index contributed by atoms with van der Waals surface area (Å²) in [5, 5.41) is 3.47. The highest BCUT2D eigenvalue weighted by molar-refractivity contribution is 5.47. The van der Waals surface area contributed by atoms with Gasteiger partial charge in [-0.15, -0.1) is 0 Å². The van der Waals surface area contributed by atoms with E-state index in [1.54, 1.807) is 0 Å². The van der Waals surface area contributed by atoms with Crippen molar-refractivity contribution in [3.63, 3.8) is 0 Å². The van der Waals surface area contributed by atoms with Gasteiger partial charge in [0.15, 0.2) is 0 Å². The van der Waals surface area contributed by atoms with Crippen LogP contribution in [-0.2, 0) is 6.42 Å². The predicted octanol–water partition coefficient (Wildman–Crippen LogP) is 2.44. The second-order valence-electron chi connectivity index (χ2n) is 4.46. The van der Waals surface area contributed by atoms with Gasteiger partial charge in [-0.05, 0) is 43.5 Å². The molecule has 1 aliphatic heterocycles. The summed E-state index contributed by atoms with van der Waals surface area (Å²) in [4.78, 5) is 2.49. The van der Waals surface area contributed by atoms with E-state index in [-0.39, 0.29) is 0 Å². The molecule has 0 aliphatic carbocycles. The lowest BCUT2D eigenvalue weighted by atomic mass is 10.1. The maximum Gasteiger partial charge on any atom is 0.0366 e. The Balaban J connectivity index is 2.02. The van der Waals surface area contributed by atoms with Crippen LogP contribution in [0, 0.1) is 0 Å². The van der Waals surface area contributed by atoms with Crippen LogP contribution >= 0.6 is 0 Å². The summed E-state index contributed by atoms with van der Waals surface area (Å²) >= 11 is 0. The number of hydrogen-bond donors (Lipinski definition) is 1. The van der Waals surface area contributed by atoms with Crippen molar-refractivity contribution in [3.05, 3.63) is 29.8 Å². The van der Waals surface area contributed by atoms with E-state index in [2.05, 4.69) is 41.4 Å². The Morgan fingerprint density at radius 2 is 1.88 bits per heavy atom. The molecule has 0 bridgehead atoms. The van der Waals surface area contributed by atoms with Gasteiger partial charge in [0, 0.05) is 25.3 Å². The van der Waals surface area contributed by atoms with E-state index < -0.39 is 0 Å². The third-order valence-corrected chi connectivity index (χ3v) is 3.30. The average Bonchev–Trinajstić information content (AvgIpc) is 2.29. The topological polar surface area (TPSA) is 15.3 Å². The lowest BCUT2D eigenvalue weighted by molar-refractivity contribution is 0.567. The lowest BCUT2D eigenvalue weighted by Crippen LogP contribution is -2.36. The first kappa shape index (κ1) is 11.5. The lowest BCUT2D eigenvalue weighted by Gasteiger charge is -2.27. The van der Waals surface area contributed by atoms with Gasteiger partial charge in [-0.25, -0.2) is 0 Å². The molecule has 1 saturated heterocycles. The molecule has 1 heterocycles. The molecule has 1 fully saturated rings. The first-order valence-electron chi connectivity index (χ1n) is 6.45. The van der Waals surface area contributed by atoms with Crippen LogP contribution in [0.25, 0.3) is 0 Å². The SMILES string of the molecule is CCc1ccc(N2CCCCNCC2)cc1. The van der Waals surface area contributed by atoms with E-state index >= 15 is 0 Å². The van der Waals surface area contributed by atoms with Gasteiger partial charge in [0.05, 0.1) is 0 Å². The van der Waals surface area contributed by atoms with Crippen LogP contribution in [0.15, 0.2) is 24.3 Å². The summed E-state index contributed by atoms with van der Waals surface area (Å²) in [6.07, 6.45) is 3.72. The highest BCUT2D eigenvalue weighted by Gasteiger charge is 2.07. The maximum absolute atomic E-state index is 3.47. The van der Waals surface area contributed by atoms with Crippen molar-refractivity contribution in [2.24, 2.45) is 0 Å². The molecule has 0 amide bonds. The Bertz CT molecular complexity index is 297. The van der Waals surface area contributed by atoms with Crippen LogP contribution in [0.4, 0.5) is 5.69 Å². The molecule has 0 spiro atoms. The van der Waals surface area contributed by atoms with Crippen LogP contribution < -0.4 is 10.2 Å². The zero-order chi connectivity index (χ0) is 11.2. The van der Waals surface area contributed by atoms with Crippen molar-refractivity contribution in [1.82, 2.24) is 5.32 Å². The highest BCUT2D eigenvalue weighted by Crippen LogP contribution is 2.16. The number of nitrogens with zero attached hydrogens (tertiary/aromatic N) is 1. The van der Waals surface area contributed by atoms with Crippen molar-refractivity contribution in [2.75, 3.05) is 31.1 Å². The minimum Gasteiger partial charge on any atom is -0.370 e. The largest absolute Gasteiger partial charge is 0.370 e. The van der Waals surface area contributed by atoms with Gasteiger partial charge in [-0.1, -0.05) is 19.1 Å². The van der Waals surface area contributed by atoms with E-state index in [9.17, 15) is 0 Å². The number of benzene rings is 1. The fourth-order valence-corrected chi connectivity index (χ4v) is 2.20. The summed E-state index contributed by atoms with van der Waals surface area (Å²) in [6.45, 7) is 6.83. The van der Waals surface area contributed by atoms with Gasteiger partial charge < -0.3 is 10.2 Å². The van der Waals surface area contributed by atoms with Gasteiger partial charge in [0.25, 0.3) is 0 Å². The fourth-order valence-electron chi connectivity index (χ4n) is 2.20.